The minimum absolute atomic E-state index is 0.156. The van der Waals surface area contributed by atoms with Crippen molar-refractivity contribution in [3.8, 4) is 0 Å². The first-order chi connectivity index (χ1) is 7.24. The highest BCUT2D eigenvalue weighted by Gasteiger charge is 2.38. The lowest BCUT2D eigenvalue weighted by Gasteiger charge is -2.10. The number of aliphatic hydroxyl groups excluding tert-OH is 1. The van der Waals surface area contributed by atoms with E-state index in [0.29, 0.717) is 0 Å². The third-order valence-electron chi connectivity index (χ3n) is 2.59. The second-order valence-electron chi connectivity index (χ2n) is 3.47. The molecule has 0 saturated carbocycles. The first-order valence-electron chi connectivity index (χ1n) is 4.74. The number of amides is 2. The van der Waals surface area contributed by atoms with Gasteiger partial charge in [0.2, 0.25) is 11.8 Å². The highest BCUT2D eigenvalue weighted by Crippen LogP contribution is 2.28. The summed E-state index contributed by atoms with van der Waals surface area (Å²) in [5.41, 5.74) is 0.826. The van der Waals surface area contributed by atoms with Gasteiger partial charge in [-0.3, -0.25) is 14.5 Å². The summed E-state index contributed by atoms with van der Waals surface area (Å²) in [6.07, 6.45) is 0.156. The highest BCUT2D eigenvalue weighted by atomic mass is 16.3. The third kappa shape index (κ3) is 1.64. The van der Waals surface area contributed by atoms with E-state index in [2.05, 4.69) is 0 Å². The summed E-state index contributed by atoms with van der Waals surface area (Å²) in [5, 5.41) is 8.86. The Kier molecular flexibility index (Phi) is 2.51. The number of nitrogens with zero attached hydrogens (tertiary/aromatic N) is 1. The van der Waals surface area contributed by atoms with E-state index in [0.717, 1.165) is 10.5 Å². The fourth-order valence-corrected chi connectivity index (χ4v) is 1.78. The van der Waals surface area contributed by atoms with Crippen LogP contribution in [0.3, 0.4) is 0 Å². The predicted octanol–water partition coefficient (Wildman–Crippen LogP) is 0.479. The predicted molar refractivity (Wildman–Crippen MR) is 52.7 cm³/mol. The van der Waals surface area contributed by atoms with Crippen LogP contribution in [0.4, 0.5) is 0 Å². The molecule has 0 bridgehead atoms. The van der Waals surface area contributed by atoms with Crippen LogP contribution in [0.1, 0.15) is 17.9 Å². The van der Waals surface area contributed by atoms with Crippen molar-refractivity contribution in [3.05, 3.63) is 35.9 Å². The van der Waals surface area contributed by atoms with Crippen molar-refractivity contribution in [2.45, 2.75) is 12.3 Å². The van der Waals surface area contributed by atoms with Crippen molar-refractivity contribution in [1.82, 2.24) is 4.90 Å². The summed E-state index contributed by atoms with van der Waals surface area (Å²) in [6.45, 7) is -0.527. The van der Waals surface area contributed by atoms with Gasteiger partial charge in [0.1, 0.15) is 6.73 Å². The SMILES string of the molecule is O=C1CC(c2ccccc2)C(=O)N1CO. The molecule has 1 aliphatic heterocycles. The number of hydrogen-bond acceptors (Lipinski definition) is 3. The molecule has 1 aromatic carbocycles. The molecule has 0 radical (unpaired) electrons. The molecule has 0 aromatic heterocycles. The van der Waals surface area contributed by atoms with Crippen LogP contribution in [0, 0.1) is 0 Å². The second-order valence-corrected chi connectivity index (χ2v) is 3.47. The molecule has 0 spiro atoms. The molecule has 1 atom stereocenters. The van der Waals surface area contributed by atoms with Gasteiger partial charge in [-0.15, -0.1) is 0 Å². The first kappa shape index (κ1) is 9.86. The van der Waals surface area contributed by atoms with Crippen molar-refractivity contribution in [2.24, 2.45) is 0 Å². The second kappa shape index (κ2) is 3.82. The Morgan fingerprint density at radius 3 is 2.47 bits per heavy atom. The monoisotopic (exact) mass is 205 g/mol. The van der Waals surface area contributed by atoms with Crippen LogP contribution in [-0.4, -0.2) is 28.6 Å². The van der Waals surface area contributed by atoms with Crippen molar-refractivity contribution >= 4 is 11.8 Å². The lowest BCUT2D eigenvalue weighted by molar-refractivity contribution is -0.142. The van der Waals surface area contributed by atoms with Gasteiger partial charge in [-0.1, -0.05) is 30.3 Å². The molecule has 1 heterocycles. The molecule has 4 nitrogen and oxygen atoms in total. The van der Waals surface area contributed by atoms with Crippen LogP contribution < -0.4 is 0 Å². The number of hydrogen-bond donors (Lipinski definition) is 1. The number of carbonyl (C=O) groups excluding carboxylic acids is 2. The topological polar surface area (TPSA) is 57.6 Å². The Morgan fingerprint density at radius 2 is 1.93 bits per heavy atom. The van der Waals surface area contributed by atoms with E-state index in [4.69, 9.17) is 5.11 Å². The molecule has 1 fully saturated rings. The molecule has 4 heteroatoms. The summed E-state index contributed by atoms with van der Waals surface area (Å²) in [6, 6.07) is 9.14. The Labute approximate surface area is 87.1 Å². The van der Waals surface area contributed by atoms with Crippen molar-refractivity contribution < 1.29 is 14.7 Å². The Bertz CT molecular complexity index is 388. The fraction of sp³-hybridized carbons (Fsp3) is 0.273. The Hall–Kier alpha value is -1.68. The number of aliphatic hydroxyl groups is 1. The van der Waals surface area contributed by atoms with Crippen LogP contribution in [0.2, 0.25) is 0 Å². The third-order valence-corrected chi connectivity index (χ3v) is 2.59. The Morgan fingerprint density at radius 1 is 1.27 bits per heavy atom. The fourth-order valence-electron chi connectivity index (χ4n) is 1.78. The molecule has 1 N–H and O–H groups in total. The van der Waals surface area contributed by atoms with Gasteiger partial charge in [0, 0.05) is 6.42 Å². The average molecular weight is 205 g/mol. The van der Waals surface area contributed by atoms with Crippen molar-refractivity contribution in [1.29, 1.82) is 0 Å². The number of benzene rings is 1. The molecular formula is C11H11NO3. The molecular weight excluding hydrogens is 194 g/mol. The quantitative estimate of drug-likeness (QED) is 0.714. The minimum Gasteiger partial charge on any atom is -0.376 e. The van der Waals surface area contributed by atoms with Crippen LogP contribution in [0.25, 0.3) is 0 Å². The van der Waals surface area contributed by atoms with E-state index < -0.39 is 12.6 Å². The van der Waals surface area contributed by atoms with Crippen LogP contribution >= 0.6 is 0 Å². The summed E-state index contributed by atoms with van der Waals surface area (Å²) in [4.78, 5) is 23.9. The van der Waals surface area contributed by atoms with Crippen molar-refractivity contribution in [3.63, 3.8) is 0 Å². The van der Waals surface area contributed by atoms with E-state index in [-0.39, 0.29) is 18.2 Å². The summed E-state index contributed by atoms with van der Waals surface area (Å²) in [5.74, 6) is -1.05. The molecule has 78 valence electrons. The highest BCUT2D eigenvalue weighted by molar-refractivity contribution is 6.06. The molecule has 1 saturated heterocycles. The summed E-state index contributed by atoms with van der Waals surface area (Å²) < 4.78 is 0. The maximum Gasteiger partial charge on any atom is 0.239 e. The molecule has 1 unspecified atom stereocenters. The minimum atomic E-state index is -0.527. The lowest BCUT2D eigenvalue weighted by atomic mass is 9.98. The zero-order valence-electron chi connectivity index (χ0n) is 8.09. The van der Waals surface area contributed by atoms with E-state index in [1.807, 2.05) is 30.3 Å². The van der Waals surface area contributed by atoms with Gasteiger partial charge in [-0.05, 0) is 5.56 Å². The molecule has 2 amide bonds. The number of imide groups is 1. The molecule has 1 aromatic rings. The molecule has 2 rings (SSSR count). The summed E-state index contributed by atoms with van der Waals surface area (Å²) in [7, 11) is 0. The largest absolute Gasteiger partial charge is 0.376 e. The standard InChI is InChI=1S/C11H11NO3/c13-7-12-10(14)6-9(11(12)15)8-4-2-1-3-5-8/h1-5,9,13H,6-7H2. The zero-order chi connectivity index (χ0) is 10.8. The molecule has 0 aliphatic carbocycles. The van der Waals surface area contributed by atoms with Gasteiger partial charge < -0.3 is 5.11 Å². The smallest absolute Gasteiger partial charge is 0.239 e. The van der Waals surface area contributed by atoms with Gasteiger partial charge in [0.25, 0.3) is 0 Å². The van der Waals surface area contributed by atoms with Gasteiger partial charge in [-0.25, -0.2) is 0 Å². The van der Waals surface area contributed by atoms with Crippen LogP contribution in [-0.2, 0) is 9.59 Å². The summed E-state index contributed by atoms with van der Waals surface area (Å²) >= 11 is 0. The molecule has 15 heavy (non-hydrogen) atoms. The van der Waals surface area contributed by atoms with E-state index in [9.17, 15) is 9.59 Å². The maximum atomic E-state index is 11.7. The van der Waals surface area contributed by atoms with Gasteiger partial charge >= 0.3 is 0 Å². The Balaban J connectivity index is 2.27. The van der Waals surface area contributed by atoms with E-state index in [1.165, 1.54) is 0 Å². The average Bonchev–Trinajstić information content (AvgIpc) is 2.55. The van der Waals surface area contributed by atoms with Crippen LogP contribution in [0.15, 0.2) is 30.3 Å². The number of likely N-dealkylation sites (tertiary alicyclic amines) is 1. The normalized spacial score (nSPS) is 21.1. The van der Waals surface area contributed by atoms with Crippen molar-refractivity contribution in [2.75, 3.05) is 6.73 Å². The van der Waals surface area contributed by atoms with Gasteiger partial charge in [0.05, 0.1) is 5.92 Å². The number of carbonyl (C=O) groups is 2. The first-order valence-corrected chi connectivity index (χ1v) is 4.74. The van der Waals surface area contributed by atoms with Gasteiger partial charge in [0.15, 0.2) is 0 Å². The maximum absolute atomic E-state index is 11.7. The van der Waals surface area contributed by atoms with E-state index >= 15 is 0 Å². The van der Waals surface area contributed by atoms with Gasteiger partial charge in [-0.2, -0.15) is 0 Å². The zero-order valence-corrected chi connectivity index (χ0v) is 8.09. The molecule has 1 aliphatic rings. The van der Waals surface area contributed by atoms with Crippen LogP contribution in [0.5, 0.6) is 0 Å². The lowest BCUT2D eigenvalue weighted by Crippen LogP contribution is -2.31. The number of rotatable bonds is 2. The van der Waals surface area contributed by atoms with E-state index in [1.54, 1.807) is 0 Å².